The lowest BCUT2D eigenvalue weighted by molar-refractivity contribution is -0.142. The van der Waals surface area contributed by atoms with Crippen LogP contribution in [0.15, 0.2) is 0 Å². The molecule has 6 fully saturated rings. The summed E-state index contributed by atoms with van der Waals surface area (Å²) in [5.41, 5.74) is 1.84. The highest BCUT2D eigenvalue weighted by molar-refractivity contribution is 5.26. The third-order valence-electron chi connectivity index (χ3n) is 4.43. The van der Waals surface area contributed by atoms with Crippen molar-refractivity contribution in [2.24, 2.45) is 22.7 Å². The average Bonchev–Trinajstić information content (AvgIpc) is 2.11. The van der Waals surface area contributed by atoms with Crippen molar-refractivity contribution in [3.05, 3.63) is 0 Å². The van der Waals surface area contributed by atoms with Crippen molar-refractivity contribution < 1.29 is 0 Å². The van der Waals surface area contributed by atoms with Gasteiger partial charge in [0, 0.05) is 0 Å². The van der Waals surface area contributed by atoms with E-state index in [4.69, 9.17) is 0 Å². The van der Waals surface area contributed by atoms with Crippen molar-refractivity contribution in [3.8, 4) is 0 Å². The van der Waals surface area contributed by atoms with Gasteiger partial charge in [-0.3, -0.25) is 0 Å². The predicted octanol–water partition coefficient (Wildman–Crippen LogP) is 2.83. The van der Waals surface area contributed by atoms with Crippen LogP contribution in [0, 0.1) is 22.7 Å². The van der Waals surface area contributed by atoms with Gasteiger partial charge in [-0.25, -0.2) is 0 Å². The lowest BCUT2D eigenvalue weighted by atomic mass is 9.41. The monoisotopic (exact) mass is 136 g/mol. The number of hydrogen-bond donors (Lipinski definition) is 0. The quantitative estimate of drug-likeness (QED) is 0.520. The molecule has 0 aromatic rings. The Hall–Kier alpha value is 0. The number of rotatable bonds is 1. The van der Waals surface area contributed by atoms with Crippen LogP contribution >= 0.6 is 0 Å². The molecule has 6 rings (SSSR count). The first kappa shape index (κ1) is 5.62. The van der Waals surface area contributed by atoms with Gasteiger partial charge in [-0.15, -0.1) is 0 Å². The first-order chi connectivity index (χ1) is 4.66. The Balaban J connectivity index is 1.92. The summed E-state index contributed by atoms with van der Waals surface area (Å²) < 4.78 is 0. The molecular formula is C10H16. The van der Waals surface area contributed by atoms with Crippen LogP contribution < -0.4 is 0 Å². The maximum Gasteiger partial charge on any atom is -0.0251 e. The van der Waals surface area contributed by atoms with E-state index in [1.807, 2.05) is 0 Å². The zero-order valence-electron chi connectivity index (χ0n) is 6.98. The summed E-state index contributed by atoms with van der Waals surface area (Å²) in [6, 6.07) is 0. The molecule has 6 aliphatic carbocycles. The van der Waals surface area contributed by atoms with Gasteiger partial charge in [0.25, 0.3) is 0 Å². The molecule has 0 nitrogen and oxygen atoms in total. The Kier molecular flexibility index (Phi) is 0.669. The Morgan fingerprint density at radius 1 is 1.20 bits per heavy atom. The Morgan fingerprint density at radius 2 is 1.80 bits per heavy atom. The molecule has 6 aliphatic rings. The first-order valence-electron chi connectivity index (χ1n) is 4.66. The largest absolute Gasteiger partial charge is 0.0625 e. The fraction of sp³-hybridized carbons (Fsp3) is 1.00. The molecule has 0 spiro atoms. The topological polar surface area (TPSA) is 0 Å². The molecule has 0 heterocycles. The molecule has 0 aromatic carbocycles. The van der Waals surface area contributed by atoms with Crippen LogP contribution in [0.1, 0.15) is 39.5 Å². The van der Waals surface area contributed by atoms with E-state index in [2.05, 4.69) is 13.8 Å². The van der Waals surface area contributed by atoms with Gasteiger partial charge in [0.1, 0.15) is 0 Å². The van der Waals surface area contributed by atoms with Gasteiger partial charge < -0.3 is 0 Å². The molecule has 0 radical (unpaired) electrons. The molecule has 10 heavy (non-hydrogen) atoms. The van der Waals surface area contributed by atoms with Crippen molar-refractivity contribution in [1.82, 2.24) is 0 Å². The fourth-order valence-electron chi connectivity index (χ4n) is 4.32. The molecule has 0 heteroatoms. The maximum absolute atomic E-state index is 2.41. The van der Waals surface area contributed by atoms with Gasteiger partial charge in [0.2, 0.25) is 0 Å². The molecule has 0 amide bonds. The molecule has 0 aliphatic heterocycles. The summed E-state index contributed by atoms with van der Waals surface area (Å²) in [6.07, 6.45) is 6.43. The van der Waals surface area contributed by atoms with Crippen molar-refractivity contribution in [2.75, 3.05) is 0 Å². The zero-order chi connectivity index (χ0) is 6.98. The first-order valence-corrected chi connectivity index (χ1v) is 4.66. The molecular weight excluding hydrogens is 120 g/mol. The summed E-state index contributed by atoms with van der Waals surface area (Å²) in [5, 5.41) is 0. The fourth-order valence-corrected chi connectivity index (χ4v) is 4.32. The van der Waals surface area contributed by atoms with Crippen LogP contribution in [0.2, 0.25) is 0 Å². The second kappa shape index (κ2) is 1.19. The van der Waals surface area contributed by atoms with Crippen LogP contribution in [0.3, 0.4) is 0 Å². The minimum absolute atomic E-state index is 0.911. The van der Waals surface area contributed by atoms with E-state index in [1.165, 1.54) is 0 Å². The van der Waals surface area contributed by atoms with Crippen molar-refractivity contribution in [1.29, 1.82) is 0 Å². The SMILES string of the molecule is CC(C)C1CC23CC1(C2)C3. The molecule has 0 aromatic heterocycles. The highest BCUT2D eigenvalue weighted by Crippen LogP contribution is 2.86. The molecule has 1 atom stereocenters. The minimum Gasteiger partial charge on any atom is -0.0625 e. The molecule has 0 saturated heterocycles. The molecule has 6 saturated carbocycles. The Morgan fingerprint density at radius 3 is 2.00 bits per heavy atom. The normalized spacial score (nSPS) is 62.1. The van der Waals surface area contributed by atoms with E-state index in [9.17, 15) is 0 Å². The van der Waals surface area contributed by atoms with Gasteiger partial charge in [0.05, 0.1) is 0 Å². The Bertz CT molecular complexity index is 170. The van der Waals surface area contributed by atoms with Gasteiger partial charge in [-0.05, 0) is 48.3 Å². The lowest BCUT2D eigenvalue weighted by Crippen LogP contribution is -2.54. The van der Waals surface area contributed by atoms with Crippen LogP contribution in [0.25, 0.3) is 0 Å². The standard InChI is InChI=1S/C10H16/c1-7(2)8-3-9-4-10(8,5-9)6-9/h7-8H,3-6H2,1-2H3. The summed E-state index contributed by atoms with van der Waals surface area (Å²) >= 11 is 0. The van der Waals surface area contributed by atoms with Crippen LogP contribution in [0.4, 0.5) is 0 Å². The van der Waals surface area contributed by atoms with E-state index < -0.39 is 0 Å². The van der Waals surface area contributed by atoms with Crippen molar-refractivity contribution in [2.45, 2.75) is 39.5 Å². The van der Waals surface area contributed by atoms with Crippen LogP contribution in [0.5, 0.6) is 0 Å². The van der Waals surface area contributed by atoms with Gasteiger partial charge >= 0.3 is 0 Å². The highest BCUT2D eigenvalue weighted by Gasteiger charge is 2.77. The second-order valence-electron chi connectivity index (χ2n) is 5.45. The molecule has 2 bridgehead atoms. The Labute approximate surface area is 63.0 Å². The summed E-state index contributed by atoms with van der Waals surface area (Å²) in [5.74, 6) is 2.08. The van der Waals surface area contributed by atoms with E-state index >= 15 is 0 Å². The summed E-state index contributed by atoms with van der Waals surface area (Å²) in [6.45, 7) is 4.82. The van der Waals surface area contributed by atoms with E-state index in [1.54, 1.807) is 25.7 Å². The summed E-state index contributed by atoms with van der Waals surface area (Å²) in [4.78, 5) is 0. The van der Waals surface area contributed by atoms with Gasteiger partial charge in [-0.1, -0.05) is 13.8 Å². The van der Waals surface area contributed by atoms with Gasteiger partial charge in [0.15, 0.2) is 0 Å². The molecule has 0 N–H and O–H groups in total. The van der Waals surface area contributed by atoms with E-state index in [-0.39, 0.29) is 0 Å². The van der Waals surface area contributed by atoms with E-state index in [0.717, 1.165) is 22.7 Å². The lowest BCUT2D eigenvalue weighted by Gasteiger charge is -2.64. The third-order valence-corrected chi connectivity index (χ3v) is 4.43. The maximum atomic E-state index is 2.41. The molecule has 1 unspecified atom stereocenters. The summed E-state index contributed by atoms with van der Waals surface area (Å²) in [7, 11) is 0. The van der Waals surface area contributed by atoms with Crippen LogP contribution in [-0.4, -0.2) is 0 Å². The minimum atomic E-state index is 0.911. The predicted molar refractivity (Wildman–Crippen MR) is 41.7 cm³/mol. The zero-order valence-corrected chi connectivity index (χ0v) is 6.98. The highest BCUT2D eigenvalue weighted by atomic mass is 14.8. The average molecular weight is 136 g/mol. The van der Waals surface area contributed by atoms with E-state index in [0.29, 0.717) is 0 Å². The third kappa shape index (κ3) is 0.360. The second-order valence-corrected chi connectivity index (χ2v) is 5.45. The molecule has 56 valence electrons. The smallest absolute Gasteiger partial charge is 0.0251 e. The number of hydrogen-bond acceptors (Lipinski definition) is 0. The van der Waals surface area contributed by atoms with Gasteiger partial charge in [-0.2, -0.15) is 0 Å². The van der Waals surface area contributed by atoms with Crippen molar-refractivity contribution in [3.63, 3.8) is 0 Å². The van der Waals surface area contributed by atoms with Crippen molar-refractivity contribution >= 4 is 0 Å². The van der Waals surface area contributed by atoms with Crippen LogP contribution in [-0.2, 0) is 0 Å².